The van der Waals surface area contributed by atoms with Crippen LogP contribution in [-0.2, 0) is 4.74 Å². The minimum absolute atomic E-state index is 0.0840. The first-order chi connectivity index (χ1) is 14.6. The number of hydrogen-bond donors (Lipinski definition) is 2. The van der Waals surface area contributed by atoms with Crippen LogP contribution in [-0.4, -0.2) is 35.1 Å². The van der Waals surface area contributed by atoms with Gasteiger partial charge in [-0.05, 0) is 85.9 Å². The molecule has 4 fully saturated rings. The summed E-state index contributed by atoms with van der Waals surface area (Å²) in [5, 5.41) is 23.1. The monoisotopic (exact) mass is 434 g/mol. The summed E-state index contributed by atoms with van der Waals surface area (Å²) in [5.74, 6) is 4.30. The molecule has 4 saturated carbocycles. The van der Waals surface area contributed by atoms with Crippen molar-refractivity contribution < 1.29 is 14.9 Å². The molecule has 0 amide bonds. The molecule has 0 bridgehead atoms. The van der Waals surface area contributed by atoms with Crippen LogP contribution in [0.3, 0.4) is 0 Å². The molecule has 180 valence electrons. The van der Waals surface area contributed by atoms with Gasteiger partial charge in [-0.15, -0.1) is 0 Å². The van der Waals surface area contributed by atoms with Crippen LogP contribution in [0.4, 0.5) is 0 Å². The van der Waals surface area contributed by atoms with Gasteiger partial charge in [-0.3, -0.25) is 0 Å². The zero-order valence-electron chi connectivity index (χ0n) is 21.2. The molecular weight excluding hydrogens is 384 g/mol. The fraction of sp³-hybridized carbons (Fsp3) is 1.00. The van der Waals surface area contributed by atoms with E-state index in [1.165, 1.54) is 44.9 Å². The van der Waals surface area contributed by atoms with E-state index in [2.05, 4.69) is 34.6 Å². The van der Waals surface area contributed by atoms with E-state index in [9.17, 15) is 10.2 Å². The number of ether oxygens (including phenoxy) is 1. The Morgan fingerprint density at radius 3 is 2.39 bits per heavy atom. The predicted molar refractivity (Wildman–Crippen MR) is 127 cm³/mol. The first-order valence-electron chi connectivity index (χ1n) is 13.5. The van der Waals surface area contributed by atoms with Crippen molar-refractivity contribution in [1.29, 1.82) is 0 Å². The first-order valence-corrected chi connectivity index (χ1v) is 13.5. The number of aliphatic hydroxyl groups excluding tert-OH is 1. The van der Waals surface area contributed by atoms with Crippen LogP contribution in [0.1, 0.15) is 105 Å². The van der Waals surface area contributed by atoms with Gasteiger partial charge in [-0.1, -0.05) is 53.9 Å². The number of aliphatic hydroxyl groups is 2. The number of fused-ring (bicyclic) bond motifs is 5. The van der Waals surface area contributed by atoms with E-state index in [0.717, 1.165) is 42.9 Å². The molecule has 4 aliphatic carbocycles. The highest BCUT2D eigenvalue weighted by Crippen LogP contribution is 2.69. The number of methoxy groups -OCH3 is 1. The van der Waals surface area contributed by atoms with Crippen LogP contribution in [0.2, 0.25) is 0 Å². The second-order valence-electron chi connectivity index (χ2n) is 13.1. The van der Waals surface area contributed by atoms with Crippen LogP contribution in [0.25, 0.3) is 0 Å². The second kappa shape index (κ2) is 8.58. The smallest absolute Gasteiger partial charge is 0.0986 e. The largest absolute Gasteiger partial charge is 0.390 e. The second-order valence-corrected chi connectivity index (χ2v) is 13.1. The molecule has 31 heavy (non-hydrogen) atoms. The molecule has 2 N–H and O–H groups in total. The Hall–Kier alpha value is -0.120. The fourth-order valence-electron chi connectivity index (χ4n) is 9.47. The first kappa shape index (κ1) is 24.0. The van der Waals surface area contributed by atoms with E-state index < -0.39 is 11.7 Å². The fourth-order valence-corrected chi connectivity index (χ4v) is 9.47. The lowest BCUT2D eigenvalue weighted by molar-refractivity contribution is -0.266. The van der Waals surface area contributed by atoms with Gasteiger partial charge in [-0.2, -0.15) is 0 Å². The zero-order valence-corrected chi connectivity index (χ0v) is 21.2. The Balaban J connectivity index is 1.53. The Labute approximate surface area is 191 Å². The van der Waals surface area contributed by atoms with Crippen molar-refractivity contribution in [1.82, 2.24) is 0 Å². The van der Waals surface area contributed by atoms with Gasteiger partial charge in [0.1, 0.15) is 0 Å². The highest BCUT2D eigenvalue weighted by Gasteiger charge is 2.67. The zero-order chi connectivity index (χ0) is 22.6. The van der Waals surface area contributed by atoms with Crippen LogP contribution < -0.4 is 0 Å². The van der Waals surface area contributed by atoms with Gasteiger partial charge >= 0.3 is 0 Å². The Bertz CT molecular complexity index is 634. The normalized spacial score (nSPS) is 50.6. The minimum atomic E-state index is -0.983. The molecular formula is C28H50O3. The van der Waals surface area contributed by atoms with Gasteiger partial charge < -0.3 is 14.9 Å². The van der Waals surface area contributed by atoms with Gasteiger partial charge in [0.2, 0.25) is 0 Å². The van der Waals surface area contributed by atoms with Crippen LogP contribution in [0.5, 0.6) is 0 Å². The van der Waals surface area contributed by atoms with Crippen molar-refractivity contribution in [2.24, 2.45) is 46.3 Å². The van der Waals surface area contributed by atoms with Crippen LogP contribution >= 0.6 is 0 Å². The van der Waals surface area contributed by atoms with Crippen LogP contribution in [0, 0.1) is 46.3 Å². The lowest BCUT2D eigenvalue weighted by Gasteiger charge is -2.65. The molecule has 0 radical (unpaired) electrons. The van der Waals surface area contributed by atoms with Crippen molar-refractivity contribution in [3.63, 3.8) is 0 Å². The Morgan fingerprint density at radius 2 is 1.71 bits per heavy atom. The summed E-state index contributed by atoms with van der Waals surface area (Å²) < 4.78 is 5.64. The highest BCUT2D eigenvalue weighted by molar-refractivity contribution is 5.17. The average molecular weight is 435 g/mol. The van der Waals surface area contributed by atoms with E-state index in [-0.39, 0.29) is 11.5 Å². The third kappa shape index (κ3) is 3.73. The lowest BCUT2D eigenvalue weighted by Crippen LogP contribution is -2.68. The highest BCUT2D eigenvalue weighted by atomic mass is 16.5. The molecule has 0 aromatic rings. The summed E-state index contributed by atoms with van der Waals surface area (Å²) in [4.78, 5) is 0. The molecule has 0 heterocycles. The van der Waals surface area contributed by atoms with Gasteiger partial charge in [0.25, 0.3) is 0 Å². The average Bonchev–Trinajstić information content (AvgIpc) is 3.06. The summed E-state index contributed by atoms with van der Waals surface area (Å²) >= 11 is 0. The summed E-state index contributed by atoms with van der Waals surface area (Å²) in [6, 6.07) is 0. The molecule has 3 nitrogen and oxygen atoms in total. The molecule has 10 atom stereocenters. The van der Waals surface area contributed by atoms with Crippen molar-refractivity contribution in [3.8, 4) is 0 Å². The Morgan fingerprint density at radius 1 is 0.968 bits per heavy atom. The van der Waals surface area contributed by atoms with Gasteiger partial charge in [-0.25, -0.2) is 0 Å². The quantitative estimate of drug-likeness (QED) is 0.522. The molecule has 0 aromatic heterocycles. The maximum Gasteiger partial charge on any atom is 0.0986 e. The SMILES string of the molecule is COC1CCC2(C)C3CCC4(C)C(C(C)CCCC(C)C)CCC4C3CC(O)C2(O)C1. The molecule has 0 spiro atoms. The topological polar surface area (TPSA) is 49.7 Å². The van der Waals surface area contributed by atoms with Crippen molar-refractivity contribution in [3.05, 3.63) is 0 Å². The molecule has 0 aliphatic heterocycles. The molecule has 3 heteroatoms. The lowest BCUT2D eigenvalue weighted by atomic mass is 9.42. The van der Waals surface area contributed by atoms with Gasteiger partial charge in [0, 0.05) is 18.9 Å². The molecule has 4 aliphatic rings. The minimum Gasteiger partial charge on any atom is -0.390 e. The van der Waals surface area contributed by atoms with E-state index in [0.29, 0.717) is 23.7 Å². The summed E-state index contributed by atoms with van der Waals surface area (Å²) in [5.41, 5.74) is -0.733. The molecule has 0 aromatic carbocycles. The summed E-state index contributed by atoms with van der Waals surface area (Å²) in [7, 11) is 1.75. The van der Waals surface area contributed by atoms with E-state index in [4.69, 9.17) is 4.74 Å². The third-order valence-corrected chi connectivity index (χ3v) is 11.4. The van der Waals surface area contributed by atoms with Gasteiger partial charge in [0.05, 0.1) is 17.8 Å². The number of rotatable bonds is 6. The number of hydrogen-bond acceptors (Lipinski definition) is 3. The molecule has 0 saturated heterocycles. The molecule has 10 unspecified atom stereocenters. The van der Waals surface area contributed by atoms with Crippen molar-refractivity contribution in [2.45, 2.75) is 123 Å². The maximum absolute atomic E-state index is 11.8. The predicted octanol–water partition coefficient (Wildman–Crippen LogP) is 6.21. The maximum atomic E-state index is 11.8. The third-order valence-electron chi connectivity index (χ3n) is 11.4. The summed E-state index contributed by atoms with van der Waals surface area (Å²) in [6.07, 6.45) is 12.2. The van der Waals surface area contributed by atoms with E-state index in [1.807, 2.05) is 0 Å². The molecule has 4 rings (SSSR count). The van der Waals surface area contributed by atoms with Gasteiger partial charge in [0.15, 0.2) is 0 Å². The standard InChI is InChI=1S/C28H50O3/c1-18(2)8-7-9-19(3)22-10-11-23-21-16-25(29)28(30)17-20(31-6)12-15-27(28,5)24(21)13-14-26(22,23)4/h18-25,29-30H,7-17H2,1-6H3. The summed E-state index contributed by atoms with van der Waals surface area (Å²) in [6.45, 7) is 12.1. The van der Waals surface area contributed by atoms with Crippen molar-refractivity contribution >= 4 is 0 Å². The van der Waals surface area contributed by atoms with E-state index >= 15 is 0 Å². The van der Waals surface area contributed by atoms with E-state index in [1.54, 1.807) is 7.11 Å². The van der Waals surface area contributed by atoms with Crippen LogP contribution in [0.15, 0.2) is 0 Å². The van der Waals surface area contributed by atoms with Crippen molar-refractivity contribution in [2.75, 3.05) is 7.11 Å². The Kier molecular flexibility index (Phi) is 6.65.